The van der Waals surface area contributed by atoms with Crippen LogP contribution in [0.25, 0.3) is 0 Å². The van der Waals surface area contributed by atoms with Crippen molar-refractivity contribution in [2.75, 3.05) is 6.61 Å². The minimum atomic E-state index is -0.213. The molecule has 0 spiro atoms. The van der Waals surface area contributed by atoms with Crippen LogP contribution in [-0.4, -0.2) is 12.6 Å². The SMILES string of the molecule is C=C/C=C/CC(=O)OCC(=C)CCCCC. The third-order valence-electron chi connectivity index (χ3n) is 2.13. The van der Waals surface area contributed by atoms with Crippen molar-refractivity contribution in [2.45, 2.75) is 39.0 Å². The van der Waals surface area contributed by atoms with Gasteiger partial charge in [0.15, 0.2) is 0 Å². The number of esters is 1. The second kappa shape index (κ2) is 10.2. The highest BCUT2D eigenvalue weighted by Gasteiger charge is 2.01. The van der Waals surface area contributed by atoms with Crippen LogP contribution < -0.4 is 0 Å². The van der Waals surface area contributed by atoms with E-state index < -0.39 is 0 Å². The van der Waals surface area contributed by atoms with Crippen LogP contribution in [0, 0.1) is 0 Å². The maximum absolute atomic E-state index is 11.2. The van der Waals surface area contributed by atoms with E-state index in [4.69, 9.17) is 4.74 Å². The number of unbranched alkanes of at least 4 members (excludes halogenated alkanes) is 2. The van der Waals surface area contributed by atoms with E-state index in [1.54, 1.807) is 18.2 Å². The van der Waals surface area contributed by atoms with Crippen molar-refractivity contribution in [1.29, 1.82) is 0 Å². The molecule has 0 fully saturated rings. The molecule has 0 saturated heterocycles. The highest BCUT2D eigenvalue weighted by molar-refractivity contribution is 5.71. The second-order valence-corrected chi connectivity index (χ2v) is 3.74. The van der Waals surface area contributed by atoms with E-state index in [2.05, 4.69) is 20.1 Å². The van der Waals surface area contributed by atoms with E-state index >= 15 is 0 Å². The van der Waals surface area contributed by atoms with Crippen molar-refractivity contribution in [3.8, 4) is 0 Å². The summed E-state index contributed by atoms with van der Waals surface area (Å²) in [4.78, 5) is 11.2. The topological polar surface area (TPSA) is 26.3 Å². The first-order valence-corrected chi connectivity index (χ1v) is 5.80. The van der Waals surface area contributed by atoms with Crippen LogP contribution in [0.2, 0.25) is 0 Å². The molecule has 0 amide bonds. The zero-order valence-corrected chi connectivity index (χ0v) is 10.2. The molecule has 0 aromatic carbocycles. The fourth-order valence-corrected chi connectivity index (χ4v) is 1.20. The molecule has 2 nitrogen and oxygen atoms in total. The van der Waals surface area contributed by atoms with Crippen LogP contribution in [0.1, 0.15) is 39.0 Å². The fourth-order valence-electron chi connectivity index (χ4n) is 1.20. The largest absolute Gasteiger partial charge is 0.461 e. The van der Waals surface area contributed by atoms with Gasteiger partial charge in [-0.3, -0.25) is 4.79 Å². The summed E-state index contributed by atoms with van der Waals surface area (Å²) in [5, 5.41) is 0. The normalized spacial score (nSPS) is 10.3. The molecule has 16 heavy (non-hydrogen) atoms. The minimum absolute atomic E-state index is 0.213. The Bertz CT molecular complexity index is 251. The van der Waals surface area contributed by atoms with Gasteiger partial charge in [-0.1, -0.05) is 51.2 Å². The zero-order chi connectivity index (χ0) is 12.2. The Morgan fingerprint density at radius 2 is 2.12 bits per heavy atom. The lowest BCUT2D eigenvalue weighted by Gasteiger charge is -2.06. The molecule has 90 valence electrons. The fraction of sp³-hybridized carbons (Fsp3) is 0.500. The number of allylic oxidation sites excluding steroid dienone is 2. The summed E-state index contributed by atoms with van der Waals surface area (Å²) in [6, 6.07) is 0. The molecular weight excluding hydrogens is 200 g/mol. The van der Waals surface area contributed by atoms with E-state index in [-0.39, 0.29) is 5.97 Å². The molecule has 0 N–H and O–H groups in total. The summed E-state index contributed by atoms with van der Waals surface area (Å²) >= 11 is 0. The van der Waals surface area contributed by atoms with E-state index in [0.29, 0.717) is 13.0 Å². The van der Waals surface area contributed by atoms with Gasteiger partial charge in [0.1, 0.15) is 6.61 Å². The third kappa shape index (κ3) is 9.25. The Hall–Kier alpha value is -1.31. The number of hydrogen-bond donors (Lipinski definition) is 0. The first-order valence-electron chi connectivity index (χ1n) is 5.80. The highest BCUT2D eigenvalue weighted by atomic mass is 16.5. The Balaban J connectivity index is 3.54. The molecule has 0 heterocycles. The van der Waals surface area contributed by atoms with Crippen LogP contribution in [0.3, 0.4) is 0 Å². The van der Waals surface area contributed by atoms with Crippen LogP contribution in [0.15, 0.2) is 37.0 Å². The standard InChI is InChI=1S/C14H22O2/c1-4-6-8-10-13(3)12-16-14(15)11-9-7-5-2/h5,7,9H,2-4,6,8,10-12H2,1H3/b9-7+. The summed E-state index contributed by atoms with van der Waals surface area (Å²) in [7, 11) is 0. The Morgan fingerprint density at radius 3 is 2.75 bits per heavy atom. The van der Waals surface area contributed by atoms with E-state index in [1.165, 1.54) is 12.8 Å². The predicted molar refractivity (Wildman–Crippen MR) is 68.2 cm³/mol. The van der Waals surface area contributed by atoms with Crippen molar-refractivity contribution in [3.05, 3.63) is 37.0 Å². The maximum Gasteiger partial charge on any atom is 0.309 e. The molecule has 0 aliphatic carbocycles. The third-order valence-corrected chi connectivity index (χ3v) is 2.13. The first kappa shape index (κ1) is 14.7. The van der Waals surface area contributed by atoms with Crippen molar-refractivity contribution < 1.29 is 9.53 Å². The molecule has 0 saturated carbocycles. The number of carbonyl (C=O) groups is 1. The molecule has 0 aromatic rings. The minimum Gasteiger partial charge on any atom is -0.461 e. The molecule has 0 aliphatic heterocycles. The monoisotopic (exact) mass is 222 g/mol. The van der Waals surface area contributed by atoms with Gasteiger partial charge in [0.05, 0.1) is 6.42 Å². The molecule has 0 aromatic heterocycles. The van der Waals surface area contributed by atoms with Gasteiger partial charge in [-0.05, 0) is 18.4 Å². The van der Waals surface area contributed by atoms with Gasteiger partial charge < -0.3 is 4.74 Å². The zero-order valence-electron chi connectivity index (χ0n) is 10.2. The van der Waals surface area contributed by atoms with Gasteiger partial charge in [-0.25, -0.2) is 0 Å². The summed E-state index contributed by atoms with van der Waals surface area (Å²) in [6.45, 7) is 9.92. The lowest BCUT2D eigenvalue weighted by Crippen LogP contribution is -2.06. The van der Waals surface area contributed by atoms with Gasteiger partial charge in [-0.2, -0.15) is 0 Å². The smallest absolute Gasteiger partial charge is 0.309 e. The number of ether oxygens (including phenoxy) is 1. The van der Waals surface area contributed by atoms with Gasteiger partial charge in [0.25, 0.3) is 0 Å². The van der Waals surface area contributed by atoms with Gasteiger partial charge in [-0.15, -0.1) is 0 Å². The van der Waals surface area contributed by atoms with Crippen molar-refractivity contribution in [2.24, 2.45) is 0 Å². The number of rotatable bonds is 9. The molecule has 0 bridgehead atoms. The van der Waals surface area contributed by atoms with Crippen LogP contribution in [-0.2, 0) is 9.53 Å². The average molecular weight is 222 g/mol. The molecule has 0 aliphatic rings. The molecule has 0 radical (unpaired) electrons. The van der Waals surface area contributed by atoms with Crippen molar-refractivity contribution >= 4 is 5.97 Å². The summed E-state index contributed by atoms with van der Waals surface area (Å²) in [5.74, 6) is -0.213. The van der Waals surface area contributed by atoms with Gasteiger partial charge in [0, 0.05) is 0 Å². The van der Waals surface area contributed by atoms with E-state index in [0.717, 1.165) is 18.4 Å². The maximum atomic E-state index is 11.2. The summed E-state index contributed by atoms with van der Waals surface area (Å²) in [6.07, 6.45) is 9.87. The number of carbonyl (C=O) groups excluding carboxylic acids is 1. The number of hydrogen-bond acceptors (Lipinski definition) is 2. The Labute approximate surface area is 98.7 Å². The molecular formula is C14H22O2. The highest BCUT2D eigenvalue weighted by Crippen LogP contribution is 2.07. The van der Waals surface area contributed by atoms with Crippen LogP contribution in [0.5, 0.6) is 0 Å². The predicted octanol–water partition coefficient (Wildman–Crippen LogP) is 3.80. The Kier molecular flexibility index (Phi) is 9.38. The molecule has 0 unspecified atom stereocenters. The molecule has 2 heteroatoms. The lowest BCUT2D eigenvalue weighted by atomic mass is 10.1. The summed E-state index contributed by atoms with van der Waals surface area (Å²) in [5.41, 5.74) is 0.995. The van der Waals surface area contributed by atoms with Crippen molar-refractivity contribution in [3.63, 3.8) is 0 Å². The van der Waals surface area contributed by atoms with Crippen molar-refractivity contribution in [1.82, 2.24) is 0 Å². The van der Waals surface area contributed by atoms with E-state index in [9.17, 15) is 4.79 Å². The van der Waals surface area contributed by atoms with Gasteiger partial charge >= 0.3 is 5.97 Å². The van der Waals surface area contributed by atoms with Crippen LogP contribution >= 0.6 is 0 Å². The molecule has 0 rings (SSSR count). The van der Waals surface area contributed by atoms with Crippen LogP contribution in [0.4, 0.5) is 0 Å². The second-order valence-electron chi connectivity index (χ2n) is 3.74. The van der Waals surface area contributed by atoms with E-state index in [1.807, 2.05) is 0 Å². The quantitative estimate of drug-likeness (QED) is 0.257. The molecule has 0 atom stereocenters. The Morgan fingerprint density at radius 1 is 1.38 bits per heavy atom. The summed E-state index contributed by atoms with van der Waals surface area (Å²) < 4.78 is 5.06. The average Bonchev–Trinajstić information content (AvgIpc) is 2.27. The first-order chi connectivity index (χ1) is 7.70. The van der Waals surface area contributed by atoms with Gasteiger partial charge in [0.2, 0.25) is 0 Å². The lowest BCUT2D eigenvalue weighted by molar-refractivity contribution is -0.141.